The van der Waals surface area contributed by atoms with Gasteiger partial charge >= 0.3 is 0 Å². The van der Waals surface area contributed by atoms with Crippen LogP contribution in [0.5, 0.6) is 0 Å². The van der Waals surface area contributed by atoms with Gasteiger partial charge in [-0.1, -0.05) is 18.7 Å². The van der Waals surface area contributed by atoms with Gasteiger partial charge in [0.05, 0.1) is 9.20 Å². The molecule has 0 aliphatic rings. The predicted molar refractivity (Wildman–Crippen MR) is 95.9 cm³/mol. The quantitative estimate of drug-likeness (QED) is 0.795. The third kappa shape index (κ3) is 4.20. The third-order valence-corrected chi connectivity index (χ3v) is 4.79. The predicted octanol–water partition coefficient (Wildman–Crippen LogP) is 1.55. The van der Waals surface area contributed by atoms with Gasteiger partial charge in [0.2, 0.25) is 5.91 Å². The van der Waals surface area contributed by atoms with Crippen molar-refractivity contribution in [2.45, 2.75) is 26.8 Å². The summed E-state index contributed by atoms with van der Waals surface area (Å²) >= 11 is 1.28. The molecule has 0 aliphatic carbocycles. The van der Waals surface area contributed by atoms with Crippen LogP contribution in [0.25, 0.3) is 12.7 Å². The first kappa shape index (κ1) is 18.1. The van der Waals surface area contributed by atoms with E-state index in [1.54, 1.807) is 23.1 Å². The Balaban J connectivity index is 2.23. The zero-order chi connectivity index (χ0) is 17.7. The maximum atomic E-state index is 12.9. The fourth-order valence-corrected chi connectivity index (χ4v) is 3.37. The van der Waals surface area contributed by atoms with Crippen LogP contribution in [-0.4, -0.2) is 28.5 Å². The smallest absolute Gasteiger partial charge is 0.269 e. The van der Waals surface area contributed by atoms with Gasteiger partial charge in [0.15, 0.2) is 0 Å². The molecule has 6 heteroatoms. The van der Waals surface area contributed by atoms with E-state index < -0.39 is 0 Å². The van der Waals surface area contributed by atoms with Crippen LogP contribution in [0.3, 0.4) is 0 Å². The minimum atomic E-state index is -0.316. The molecule has 1 aromatic heterocycles. The summed E-state index contributed by atoms with van der Waals surface area (Å²) in [6.07, 6.45) is 1.99. The lowest BCUT2D eigenvalue weighted by atomic mass is 10.2. The normalized spacial score (nSPS) is 11.7. The van der Waals surface area contributed by atoms with Crippen LogP contribution in [0.4, 0.5) is 4.39 Å². The van der Waals surface area contributed by atoms with E-state index in [9.17, 15) is 14.0 Å². The molecule has 1 aromatic carbocycles. The first-order valence-electron chi connectivity index (χ1n) is 7.90. The van der Waals surface area contributed by atoms with Crippen molar-refractivity contribution in [3.05, 3.63) is 55.2 Å². The van der Waals surface area contributed by atoms with Crippen molar-refractivity contribution in [1.82, 2.24) is 9.47 Å². The Labute approximate surface area is 144 Å². The Kier molecular flexibility index (Phi) is 6.09. The highest BCUT2D eigenvalue weighted by Gasteiger charge is 2.11. The van der Waals surface area contributed by atoms with Gasteiger partial charge in [-0.15, -0.1) is 11.3 Å². The van der Waals surface area contributed by atoms with E-state index in [-0.39, 0.29) is 23.7 Å². The molecule has 0 saturated carbocycles. The van der Waals surface area contributed by atoms with E-state index >= 15 is 0 Å². The number of amides is 1. The lowest BCUT2D eigenvalue weighted by Crippen LogP contribution is -2.35. The SMILES string of the molecule is C=c1s/c(=C/c2ccc(F)cc2)c(=O)n1CCC(=O)N(CC)CC. The monoisotopic (exact) mass is 348 g/mol. The number of thiazole rings is 1. The van der Waals surface area contributed by atoms with E-state index in [4.69, 9.17) is 0 Å². The Hall–Kier alpha value is -2.21. The standard InChI is InChI=1S/C18H21FN2O2S/c1-4-20(5-2)17(22)10-11-21-13(3)24-16(18(21)23)12-14-6-8-15(19)9-7-14/h6-9,12H,3-5,10-11H2,1-2H3/b16-12+. The molecule has 2 aromatic rings. The Bertz CT molecular complexity index is 864. The highest BCUT2D eigenvalue weighted by molar-refractivity contribution is 7.07. The highest BCUT2D eigenvalue weighted by atomic mass is 32.1. The Morgan fingerprint density at radius 1 is 1.29 bits per heavy atom. The summed E-state index contributed by atoms with van der Waals surface area (Å²) < 4.78 is 15.6. The van der Waals surface area contributed by atoms with Crippen LogP contribution in [0, 0.1) is 5.82 Å². The number of nitrogens with zero attached hydrogens (tertiary/aromatic N) is 2. The molecule has 0 aliphatic heterocycles. The highest BCUT2D eigenvalue weighted by Crippen LogP contribution is 2.03. The molecule has 0 fully saturated rings. The molecule has 0 N–H and O–H groups in total. The van der Waals surface area contributed by atoms with E-state index in [2.05, 4.69) is 6.58 Å². The van der Waals surface area contributed by atoms with Crippen molar-refractivity contribution in [1.29, 1.82) is 0 Å². The summed E-state index contributed by atoms with van der Waals surface area (Å²) in [5.74, 6) is -0.287. The lowest BCUT2D eigenvalue weighted by Gasteiger charge is -2.18. The molecule has 0 saturated heterocycles. The molecular formula is C18H21FN2O2S. The molecule has 0 atom stereocenters. The summed E-state index contributed by atoms with van der Waals surface area (Å²) in [7, 11) is 0. The van der Waals surface area contributed by atoms with Gasteiger partial charge < -0.3 is 4.90 Å². The molecule has 0 bridgehead atoms. The topological polar surface area (TPSA) is 42.3 Å². The van der Waals surface area contributed by atoms with E-state index in [0.717, 1.165) is 5.56 Å². The number of carbonyl (C=O) groups excluding carboxylic acids is 1. The average Bonchev–Trinajstić information content (AvgIpc) is 2.82. The van der Waals surface area contributed by atoms with Crippen molar-refractivity contribution >= 4 is 29.9 Å². The molecule has 1 heterocycles. The molecule has 4 nitrogen and oxygen atoms in total. The molecule has 0 unspecified atom stereocenters. The maximum absolute atomic E-state index is 12.9. The summed E-state index contributed by atoms with van der Waals surface area (Å²) in [4.78, 5) is 26.3. The number of hydrogen-bond donors (Lipinski definition) is 0. The number of halogens is 1. The second-order valence-electron chi connectivity index (χ2n) is 5.33. The molecule has 0 radical (unpaired) electrons. The number of hydrogen-bond acceptors (Lipinski definition) is 3. The Morgan fingerprint density at radius 3 is 2.50 bits per heavy atom. The van der Waals surface area contributed by atoms with Gasteiger partial charge in [0.25, 0.3) is 5.56 Å². The third-order valence-electron chi connectivity index (χ3n) is 3.82. The van der Waals surface area contributed by atoms with Gasteiger partial charge in [0, 0.05) is 26.1 Å². The molecule has 128 valence electrons. The van der Waals surface area contributed by atoms with Crippen LogP contribution in [0.1, 0.15) is 25.8 Å². The largest absolute Gasteiger partial charge is 0.343 e. The fraction of sp³-hybridized carbons (Fsp3) is 0.333. The van der Waals surface area contributed by atoms with Gasteiger partial charge in [-0.3, -0.25) is 14.2 Å². The minimum Gasteiger partial charge on any atom is -0.343 e. The molecule has 1 amide bonds. The molecule has 0 spiro atoms. The van der Waals surface area contributed by atoms with Crippen LogP contribution in [0.15, 0.2) is 29.1 Å². The summed E-state index contributed by atoms with van der Waals surface area (Å²) in [5, 5.41) is 0. The summed E-state index contributed by atoms with van der Waals surface area (Å²) in [6, 6.07) is 5.94. The van der Waals surface area contributed by atoms with Gasteiger partial charge in [-0.25, -0.2) is 4.39 Å². The summed E-state index contributed by atoms with van der Waals surface area (Å²) in [5.41, 5.74) is 0.586. The van der Waals surface area contributed by atoms with Crippen molar-refractivity contribution in [3.8, 4) is 0 Å². The van der Waals surface area contributed by atoms with Crippen molar-refractivity contribution in [3.63, 3.8) is 0 Å². The zero-order valence-electron chi connectivity index (χ0n) is 13.9. The second kappa shape index (κ2) is 8.06. The first-order valence-corrected chi connectivity index (χ1v) is 8.71. The van der Waals surface area contributed by atoms with Crippen LogP contribution >= 0.6 is 11.3 Å². The number of rotatable bonds is 6. The number of carbonyl (C=O) groups is 1. The first-order chi connectivity index (χ1) is 11.5. The molecular weight excluding hydrogens is 327 g/mol. The molecule has 2 rings (SSSR count). The number of aromatic nitrogens is 1. The van der Waals surface area contributed by atoms with Gasteiger partial charge in [-0.05, 0) is 37.6 Å². The van der Waals surface area contributed by atoms with E-state index in [1.807, 2.05) is 13.8 Å². The van der Waals surface area contributed by atoms with Gasteiger partial charge in [-0.2, -0.15) is 0 Å². The zero-order valence-corrected chi connectivity index (χ0v) is 14.7. The fourth-order valence-electron chi connectivity index (χ4n) is 2.44. The van der Waals surface area contributed by atoms with Crippen LogP contribution in [-0.2, 0) is 11.3 Å². The average molecular weight is 348 g/mol. The maximum Gasteiger partial charge on any atom is 0.269 e. The second-order valence-corrected chi connectivity index (χ2v) is 6.44. The number of benzene rings is 1. The van der Waals surface area contributed by atoms with Crippen molar-refractivity contribution < 1.29 is 9.18 Å². The van der Waals surface area contributed by atoms with Crippen molar-refractivity contribution in [2.75, 3.05) is 13.1 Å². The van der Waals surface area contributed by atoms with Crippen LogP contribution < -0.4 is 14.8 Å². The Morgan fingerprint density at radius 2 is 1.92 bits per heavy atom. The van der Waals surface area contributed by atoms with E-state index in [1.165, 1.54) is 28.0 Å². The van der Waals surface area contributed by atoms with Crippen molar-refractivity contribution in [2.24, 2.45) is 0 Å². The summed E-state index contributed by atoms with van der Waals surface area (Å²) in [6.45, 7) is 9.40. The minimum absolute atomic E-state index is 0.0292. The van der Waals surface area contributed by atoms with Gasteiger partial charge in [0.1, 0.15) is 5.82 Å². The van der Waals surface area contributed by atoms with Crippen LogP contribution in [0.2, 0.25) is 0 Å². The molecule has 24 heavy (non-hydrogen) atoms. The lowest BCUT2D eigenvalue weighted by molar-refractivity contribution is -0.131. The van der Waals surface area contributed by atoms with E-state index in [0.29, 0.717) is 28.8 Å².